The molecule has 2 unspecified atom stereocenters. The predicted octanol–water partition coefficient (Wildman–Crippen LogP) is 2.08. The van der Waals surface area contributed by atoms with Gasteiger partial charge in [0.15, 0.2) is 0 Å². The fraction of sp³-hybridized carbons (Fsp3) is 0.435. The van der Waals surface area contributed by atoms with Crippen molar-refractivity contribution in [2.75, 3.05) is 29.9 Å². The van der Waals surface area contributed by atoms with Crippen LogP contribution in [0.3, 0.4) is 0 Å². The second-order valence-corrected chi connectivity index (χ2v) is 8.15. The van der Waals surface area contributed by atoms with Crippen molar-refractivity contribution in [2.24, 2.45) is 11.8 Å². The van der Waals surface area contributed by atoms with Crippen LogP contribution in [0.15, 0.2) is 29.1 Å². The standard InChI is InChI=1S/C23H25N5O4/c1-3-32-22(31)14-7-9-28(10-8-14)23-26-19-18(21(30)27-23)17(16(12-24)20(29)25-19)15-6-4-5-13(2)11-15/h4-6,11,14,16-17H,3,7-10H2,1-2H3,(H2,25,26,27,29,30). The number of anilines is 2. The molecule has 9 heteroatoms. The van der Waals surface area contributed by atoms with Gasteiger partial charge in [-0.25, -0.2) is 0 Å². The molecule has 2 aromatic rings. The van der Waals surface area contributed by atoms with Crippen LogP contribution in [0.25, 0.3) is 0 Å². The number of aromatic nitrogens is 2. The first-order valence-electron chi connectivity index (χ1n) is 10.8. The van der Waals surface area contributed by atoms with Gasteiger partial charge in [0.25, 0.3) is 5.56 Å². The molecule has 0 aliphatic carbocycles. The third-order valence-electron chi connectivity index (χ3n) is 6.07. The maximum Gasteiger partial charge on any atom is 0.309 e. The van der Waals surface area contributed by atoms with Crippen molar-refractivity contribution in [3.63, 3.8) is 0 Å². The number of piperidine rings is 1. The molecule has 1 saturated heterocycles. The highest BCUT2D eigenvalue weighted by Crippen LogP contribution is 2.38. The first-order chi connectivity index (χ1) is 15.4. The molecule has 1 fully saturated rings. The molecule has 32 heavy (non-hydrogen) atoms. The fourth-order valence-electron chi connectivity index (χ4n) is 4.46. The number of nitrogens with one attached hydrogen (secondary N) is 2. The average molecular weight is 435 g/mol. The van der Waals surface area contributed by atoms with Gasteiger partial charge >= 0.3 is 5.97 Å². The molecule has 4 rings (SSSR count). The van der Waals surface area contributed by atoms with E-state index in [1.807, 2.05) is 42.2 Å². The van der Waals surface area contributed by atoms with Gasteiger partial charge in [0.1, 0.15) is 11.7 Å². The Morgan fingerprint density at radius 1 is 1.31 bits per heavy atom. The summed E-state index contributed by atoms with van der Waals surface area (Å²) in [6.45, 7) is 5.11. The number of nitrogens with zero attached hydrogens (tertiary/aromatic N) is 3. The van der Waals surface area contributed by atoms with E-state index in [9.17, 15) is 19.6 Å². The van der Waals surface area contributed by atoms with E-state index in [0.717, 1.165) is 11.1 Å². The van der Waals surface area contributed by atoms with Gasteiger partial charge in [-0.15, -0.1) is 0 Å². The summed E-state index contributed by atoms with van der Waals surface area (Å²) >= 11 is 0. The molecule has 2 aliphatic heterocycles. The van der Waals surface area contributed by atoms with Crippen molar-refractivity contribution in [2.45, 2.75) is 32.6 Å². The van der Waals surface area contributed by atoms with E-state index >= 15 is 0 Å². The minimum Gasteiger partial charge on any atom is -0.466 e. The molecule has 2 atom stereocenters. The molecule has 3 heterocycles. The van der Waals surface area contributed by atoms with Gasteiger partial charge in [0.2, 0.25) is 11.9 Å². The SMILES string of the molecule is CCOC(=O)C1CCN(c2nc3c(c(=O)[nH]2)C(c2cccc(C)c2)C(C#N)C(=O)N3)CC1. The Hall–Kier alpha value is -3.67. The van der Waals surface area contributed by atoms with Crippen LogP contribution in [0.5, 0.6) is 0 Å². The van der Waals surface area contributed by atoms with E-state index < -0.39 is 17.7 Å². The van der Waals surface area contributed by atoms with E-state index in [1.165, 1.54) is 0 Å². The number of rotatable bonds is 4. The minimum atomic E-state index is -1.03. The second kappa shape index (κ2) is 8.83. The number of hydrogen-bond acceptors (Lipinski definition) is 7. The maximum absolute atomic E-state index is 13.2. The van der Waals surface area contributed by atoms with Crippen LogP contribution >= 0.6 is 0 Å². The third kappa shape index (κ3) is 3.96. The van der Waals surface area contributed by atoms with Crippen LogP contribution in [-0.2, 0) is 14.3 Å². The number of nitriles is 1. The number of amides is 1. The summed E-state index contributed by atoms with van der Waals surface area (Å²) in [7, 11) is 0. The van der Waals surface area contributed by atoms with E-state index in [2.05, 4.69) is 15.3 Å². The molecular weight excluding hydrogens is 410 g/mol. The Labute approximate surface area is 185 Å². The van der Waals surface area contributed by atoms with Crippen molar-refractivity contribution < 1.29 is 14.3 Å². The topological polar surface area (TPSA) is 128 Å². The lowest BCUT2D eigenvalue weighted by Crippen LogP contribution is -2.41. The summed E-state index contributed by atoms with van der Waals surface area (Å²) in [5.74, 6) is -2.06. The zero-order valence-corrected chi connectivity index (χ0v) is 18.1. The molecule has 166 valence electrons. The largest absolute Gasteiger partial charge is 0.466 e. The van der Waals surface area contributed by atoms with Crippen molar-refractivity contribution in [3.05, 3.63) is 51.3 Å². The van der Waals surface area contributed by atoms with E-state index in [1.54, 1.807) is 6.92 Å². The lowest BCUT2D eigenvalue weighted by atomic mass is 9.79. The smallest absolute Gasteiger partial charge is 0.309 e. The molecule has 0 radical (unpaired) electrons. The van der Waals surface area contributed by atoms with E-state index in [0.29, 0.717) is 38.5 Å². The lowest BCUT2D eigenvalue weighted by molar-refractivity contribution is -0.148. The molecule has 1 aromatic carbocycles. The average Bonchev–Trinajstić information content (AvgIpc) is 2.78. The van der Waals surface area contributed by atoms with Gasteiger partial charge in [0.05, 0.1) is 24.2 Å². The number of esters is 1. The van der Waals surface area contributed by atoms with Gasteiger partial charge in [-0.2, -0.15) is 10.2 Å². The molecule has 0 saturated carbocycles. The number of carbonyl (C=O) groups is 2. The summed E-state index contributed by atoms with van der Waals surface area (Å²) in [4.78, 5) is 47.1. The zero-order chi connectivity index (χ0) is 22.8. The number of hydrogen-bond donors (Lipinski definition) is 2. The number of aryl methyl sites for hydroxylation is 1. The van der Waals surface area contributed by atoms with Gasteiger partial charge in [-0.3, -0.25) is 19.4 Å². The predicted molar refractivity (Wildman–Crippen MR) is 117 cm³/mol. The van der Waals surface area contributed by atoms with Crippen LogP contribution in [0.2, 0.25) is 0 Å². The summed E-state index contributed by atoms with van der Waals surface area (Å²) in [5.41, 5.74) is 1.59. The lowest BCUT2D eigenvalue weighted by Gasteiger charge is -2.33. The monoisotopic (exact) mass is 435 g/mol. The Morgan fingerprint density at radius 3 is 2.72 bits per heavy atom. The first kappa shape index (κ1) is 21.6. The normalized spacial score (nSPS) is 20.8. The number of fused-ring (bicyclic) bond motifs is 1. The van der Waals surface area contributed by atoms with Crippen molar-refractivity contribution >= 4 is 23.6 Å². The van der Waals surface area contributed by atoms with Crippen LogP contribution in [0.4, 0.5) is 11.8 Å². The summed E-state index contributed by atoms with van der Waals surface area (Å²) in [5, 5.41) is 12.3. The van der Waals surface area contributed by atoms with Gasteiger partial charge in [-0.05, 0) is 32.3 Å². The number of benzene rings is 1. The van der Waals surface area contributed by atoms with Gasteiger partial charge in [-0.1, -0.05) is 29.8 Å². The molecule has 9 nitrogen and oxygen atoms in total. The Morgan fingerprint density at radius 2 is 2.06 bits per heavy atom. The van der Waals surface area contributed by atoms with Crippen LogP contribution in [0, 0.1) is 30.1 Å². The number of aromatic amines is 1. The van der Waals surface area contributed by atoms with Crippen LogP contribution < -0.4 is 15.8 Å². The summed E-state index contributed by atoms with van der Waals surface area (Å²) in [6, 6.07) is 9.50. The van der Waals surface area contributed by atoms with Crippen LogP contribution in [-0.4, -0.2) is 41.5 Å². The molecule has 0 bridgehead atoms. The quantitative estimate of drug-likeness (QED) is 0.704. The highest BCUT2D eigenvalue weighted by atomic mass is 16.5. The van der Waals surface area contributed by atoms with Crippen LogP contribution in [0.1, 0.15) is 42.4 Å². The number of carbonyl (C=O) groups excluding carboxylic acids is 2. The van der Waals surface area contributed by atoms with E-state index in [-0.39, 0.29) is 28.8 Å². The molecule has 2 N–H and O–H groups in total. The summed E-state index contributed by atoms with van der Waals surface area (Å²) in [6.07, 6.45) is 1.18. The summed E-state index contributed by atoms with van der Waals surface area (Å²) < 4.78 is 5.11. The first-order valence-corrected chi connectivity index (χ1v) is 10.8. The highest BCUT2D eigenvalue weighted by molar-refractivity contribution is 5.98. The Kier molecular flexibility index (Phi) is 5.95. The number of H-pyrrole nitrogens is 1. The van der Waals surface area contributed by atoms with Crippen molar-refractivity contribution in [1.82, 2.24) is 9.97 Å². The third-order valence-corrected chi connectivity index (χ3v) is 6.07. The van der Waals surface area contributed by atoms with Crippen molar-refractivity contribution in [1.29, 1.82) is 5.26 Å². The number of ether oxygens (including phenoxy) is 1. The minimum absolute atomic E-state index is 0.169. The van der Waals surface area contributed by atoms with Gasteiger partial charge < -0.3 is 15.0 Å². The van der Waals surface area contributed by atoms with Crippen molar-refractivity contribution in [3.8, 4) is 6.07 Å². The highest BCUT2D eigenvalue weighted by Gasteiger charge is 2.40. The van der Waals surface area contributed by atoms with Gasteiger partial charge in [0, 0.05) is 19.0 Å². The Balaban J connectivity index is 1.67. The molecule has 0 spiro atoms. The Bertz CT molecular complexity index is 1140. The molecule has 2 aliphatic rings. The molecular formula is C23H25N5O4. The molecule has 1 amide bonds. The zero-order valence-electron chi connectivity index (χ0n) is 18.1. The molecule has 1 aromatic heterocycles. The second-order valence-electron chi connectivity index (χ2n) is 8.15. The maximum atomic E-state index is 13.2. The van der Waals surface area contributed by atoms with E-state index in [4.69, 9.17) is 4.74 Å². The fourth-order valence-corrected chi connectivity index (χ4v) is 4.46.